The van der Waals surface area contributed by atoms with Crippen LogP contribution >= 0.6 is 0 Å². The van der Waals surface area contributed by atoms with Crippen molar-refractivity contribution in [2.75, 3.05) is 18.5 Å². The van der Waals surface area contributed by atoms with E-state index in [0.717, 1.165) is 30.8 Å². The Bertz CT molecular complexity index is 530. The maximum atomic E-state index is 5.51. The molecule has 2 aromatic heterocycles. The van der Waals surface area contributed by atoms with E-state index in [1.54, 1.807) is 0 Å². The van der Waals surface area contributed by atoms with E-state index in [4.69, 9.17) is 9.15 Å². The fourth-order valence-electron chi connectivity index (χ4n) is 2.12. The average molecular weight is 263 g/mol. The van der Waals surface area contributed by atoms with Crippen LogP contribution in [0.2, 0.25) is 0 Å². The Hall–Kier alpha value is -1.89. The lowest BCUT2D eigenvalue weighted by molar-refractivity contribution is 0.120. The van der Waals surface area contributed by atoms with E-state index in [1.165, 1.54) is 0 Å². The van der Waals surface area contributed by atoms with Crippen LogP contribution in [0.15, 0.2) is 10.5 Å². The van der Waals surface area contributed by atoms with Crippen molar-refractivity contribution in [3.8, 4) is 0 Å². The summed E-state index contributed by atoms with van der Waals surface area (Å²) in [5.74, 6) is 0.557. The van der Waals surface area contributed by atoms with Gasteiger partial charge < -0.3 is 14.5 Å². The van der Waals surface area contributed by atoms with Crippen LogP contribution in [-0.2, 0) is 11.2 Å². The maximum absolute atomic E-state index is 5.51. The molecule has 0 aliphatic carbocycles. The molecule has 1 fully saturated rings. The number of ether oxygens (including phenoxy) is 1. The molecule has 0 spiro atoms. The highest BCUT2D eigenvalue weighted by atomic mass is 16.5. The summed E-state index contributed by atoms with van der Waals surface area (Å²) < 4.78 is 11.0. The molecule has 2 aromatic rings. The maximum Gasteiger partial charge on any atom is 0.315 e. The standard InChI is InChI=1S/C12H17N5O2/c1-8-5-9(15-14-8)6-11-16-17-12(19-11)13-7-10-3-2-4-18-10/h5,10H,2-4,6-7H2,1H3,(H,13,17)(H,14,15). The van der Waals surface area contributed by atoms with Gasteiger partial charge in [0.2, 0.25) is 5.89 Å². The largest absolute Gasteiger partial charge is 0.408 e. The third kappa shape index (κ3) is 3.11. The fraction of sp³-hybridized carbons (Fsp3) is 0.583. The first-order valence-electron chi connectivity index (χ1n) is 6.48. The molecule has 2 N–H and O–H groups in total. The number of rotatable bonds is 5. The quantitative estimate of drug-likeness (QED) is 0.844. The van der Waals surface area contributed by atoms with Crippen LogP contribution in [0.4, 0.5) is 6.01 Å². The van der Waals surface area contributed by atoms with E-state index in [0.29, 0.717) is 24.9 Å². The molecular formula is C12H17N5O2. The summed E-state index contributed by atoms with van der Waals surface area (Å²) in [7, 11) is 0. The van der Waals surface area contributed by atoms with Crippen molar-refractivity contribution in [2.24, 2.45) is 0 Å². The molecule has 3 heterocycles. The van der Waals surface area contributed by atoms with Gasteiger partial charge in [0, 0.05) is 18.8 Å². The molecular weight excluding hydrogens is 246 g/mol. The van der Waals surface area contributed by atoms with Gasteiger partial charge in [-0.15, -0.1) is 5.10 Å². The van der Waals surface area contributed by atoms with Gasteiger partial charge in [0.25, 0.3) is 0 Å². The van der Waals surface area contributed by atoms with Gasteiger partial charge in [-0.05, 0) is 25.8 Å². The first-order valence-corrected chi connectivity index (χ1v) is 6.48. The smallest absolute Gasteiger partial charge is 0.315 e. The van der Waals surface area contributed by atoms with E-state index in [2.05, 4.69) is 25.7 Å². The SMILES string of the molecule is Cc1cc(Cc2nnc(NCC3CCCO3)o2)n[nH]1. The van der Waals surface area contributed by atoms with Crippen LogP contribution in [0.25, 0.3) is 0 Å². The minimum atomic E-state index is 0.254. The summed E-state index contributed by atoms with van der Waals surface area (Å²) in [5.41, 5.74) is 1.91. The van der Waals surface area contributed by atoms with Gasteiger partial charge in [0.15, 0.2) is 0 Å². The molecule has 1 unspecified atom stereocenters. The Morgan fingerprint density at radius 1 is 1.47 bits per heavy atom. The molecule has 7 nitrogen and oxygen atoms in total. The molecule has 3 rings (SSSR count). The number of aromatic nitrogens is 4. The predicted molar refractivity (Wildman–Crippen MR) is 67.9 cm³/mol. The number of aryl methyl sites for hydroxylation is 1. The minimum absolute atomic E-state index is 0.254. The van der Waals surface area contributed by atoms with Gasteiger partial charge in [-0.1, -0.05) is 5.10 Å². The van der Waals surface area contributed by atoms with Gasteiger partial charge in [0.1, 0.15) is 0 Å². The molecule has 102 valence electrons. The molecule has 7 heteroatoms. The average Bonchev–Trinajstić information content (AvgIpc) is 3.10. The number of hydrogen-bond donors (Lipinski definition) is 2. The molecule has 0 saturated carbocycles. The molecule has 0 amide bonds. The van der Waals surface area contributed by atoms with Crippen molar-refractivity contribution in [2.45, 2.75) is 32.3 Å². The van der Waals surface area contributed by atoms with E-state index >= 15 is 0 Å². The molecule has 0 radical (unpaired) electrons. The van der Waals surface area contributed by atoms with Crippen molar-refractivity contribution >= 4 is 6.01 Å². The molecule has 1 aliphatic rings. The van der Waals surface area contributed by atoms with E-state index in [9.17, 15) is 0 Å². The van der Waals surface area contributed by atoms with Crippen LogP contribution in [0.5, 0.6) is 0 Å². The van der Waals surface area contributed by atoms with E-state index < -0.39 is 0 Å². The molecule has 1 saturated heterocycles. The molecule has 19 heavy (non-hydrogen) atoms. The summed E-state index contributed by atoms with van der Waals surface area (Å²) in [6.45, 7) is 3.52. The Balaban J connectivity index is 1.53. The highest BCUT2D eigenvalue weighted by Gasteiger charge is 2.16. The molecule has 1 aliphatic heterocycles. The number of hydrogen-bond acceptors (Lipinski definition) is 6. The lowest BCUT2D eigenvalue weighted by atomic mass is 10.2. The second-order valence-electron chi connectivity index (χ2n) is 4.74. The number of anilines is 1. The lowest BCUT2D eigenvalue weighted by Gasteiger charge is -2.07. The third-order valence-electron chi connectivity index (χ3n) is 3.06. The van der Waals surface area contributed by atoms with Crippen LogP contribution in [0.1, 0.15) is 30.1 Å². The van der Waals surface area contributed by atoms with E-state index in [-0.39, 0.29) is 6.10 Å². The number of H-pyrrole nitrogens is 1. The summed E-state index contributed by atoms with van der Waals surface area (Å²) >= 11 is 0. The number of aromatic amines is 1. The Labute approximate surface area is 110 Å². The second kappa shape index (κ2) is 5.40. The summed E-state index contributed by atoms with van der Waals surface area (Å²) in [4.78, 5) is 0. The molecule has 1 atom stereocenters. The van der Waals surface area contributed by atoms with Crippen molar-refractivity contribution in [1.29, 1.82) is 0 Å². The highest BCUT2D eigenvalue weighted by molar-refractivity contribution is 5.19. The zero-order valence-electron chi connectivity index (χ0n) is 10.8. The monoisotopic (exact) mass is 263 g/mol. The number of nitrogens with one attached hydrogen (secondary N) is 2. The fourth-order valence-corrected chi connectivity index (χ4v) is 2.12. The first kappa shape index (κ1) is 12.2. The molecule has 0 bridgehead atoms. The third-order valence-corrected chi connectivity index (χ3v) is 3.06. The Morgan fingerprint density at radius 3 is 3.16 bits per heavy atom. The highest BCUT2D eigenvalue weighted by Crippen LogP contribution is 2.14. The minimum Gasteiger partial charge on any atom is -0.408 e. The van der Waals surface area contributed by atoms with Crippen molar-refractivity contribution in [3.05, 3.63) is 23.3 Å². The van der Waals surface area contributed by atoms with Crippen molar-refractivity contribution in [1.82, 2.24) is 20.4 Å². The molecule has 0 aromatic carbocycles. The zero-order chi connectivity index (χ0) is 13.1. The second-order valence-corrected chi connectivity index (χ2v) is 4.74. The van der Waals surface area contributed by atoms with Crippen LogP contribution < -0.4 is 5.32 Å². The van der Waals surface area contributed by atoms with Crippen LogP contribution in [-0.4, -0.2) is 39.7 Å². The van der Waals surface area contributed by atoms with Crippen LogP contribution in [0, 0.1) is 6.92 Å². The van der Waals surface area contributed by atoms with Crippen LogP contribution in [0.3, 0.4) is 0 Å². The van der Waals surface area contributed by atoms with Crippen molar-refractivity contribution < 1.29 is 9.15 Å². The summed E-state index contributed by atoms with van der Waals surface area (Å²) in [6.07, 6.45) is 3.00. The van der Waals surface area contributed by atoms with Gasteiger partial charge >= 0.3 is 6.01 Å². The van der Waals surface area contributed by atoms with Gasteiger partial charge in [0.05, 0.1) is 18.2 Å². The topological polar surface area (TPSA) is 88.9 Å². The van der Waals surface area contributed by atoms with Crippen molar-refractivity contribution in [3.63, 3.8) is 0 Å². The van der Waals surface area contributed by atoms with Gasteiger partial charge in [-0.2, -0.15) is 5.10 Å². The van der Waals surface area contributed by atoms with E-state index in [1.807, 2.05) is 13.0 Å². The zero-order valence-corrected chi connectivity index (χ0v) is 10.8. The predicted octanol–water partition coefficient (Wildman–Crippen LogP) is 1.28. The lowest BCUT2D eigenvalue weighted by Crippen LogP contribution is -2.18. The Kier molecular flexibility index (Phi) is 3.45. The number of nitrogens with zero attached hydrogens (tertiary/aromatic N) is 3. The van der Waals surface area contributed by atoms with Gasteiger partial charge in [-0.25, -0.2) is 0 Å². The Morgan fingerprint density at radius 2 is 2.42 bits per heavy atom. The first-order chi connectivity index (χ1) is 9.29. The normalized spacial score (nSPS) is 18.9. The summed E-state index contributed by atoms with van der Waals surface area (Å²) in [6, 6.07) is 2.40. The van der Waals surface area contributed by atoms with Gasteiger partial charge in [-0.3, -0.25) is 5.10 Å². The summed E-state index contributed by atoms with van der Waals surface area (Å²) in [5, 5.41) is 18.1.